The van der Waals surface area contributed by atoms with Crippen molar-refractivity contribution in [3.63, 3.8) is 0 Å². The van der Waals surface area contributed by atoms with E-state index in [1.807, 2.05) is 6.26 Å². The highest BCUT2D eigenvalue weighted by atomic mass is 32.2. The highest BCUT2D eigenvalue weighted by Gasteiger charge is 2.40. The van der Waals surface area contributed by atoms with Gasteiger partial charge in [-0.05, 0) is 67.6 Å². The second-order valence-electron chi connectivity index (χ2n) is 7.47. The summed E-state index contributed by atoms with van der Waals surface area (Å²) in [6.45, 7) is 0.688. The first-order valence-electron chi connectivity index (χ1n) is 10.0. The molecule has 3 aromatic rings. The quantitative estimate of drug-likeness (QED) is 0.444. The summed E-state index contributed by atoms with van der Waals surface area (Å²) in [5.41, 5.74) is 0.285. The standard InChI is InChI=1S/C22H20F3N3O3S2/c1-32-18-6-8-19(9-7-18)33(29,30)14-15-10-12-28(13-11-15)21-26-20(27-31-21)22(24,25)16-2-4-17(23)5-3-16/h2-9,14H,10-13H2,1H3. The van der Waals surface area contributed by atoms with E-state index in [2.05, 4.69) is 10.1 Å². The number of anilines is 1. The molecule has 4 rings (SSSR count). The number of hydrogen-bond donors (Lipinski definition) is 0. The summed E-state index contributed by atoms with van der Waals surface area (Å²) in [5, 5.41) is 4.69. The van der Waals surface area contributed by atoms with Gasteiger partial charge in [-0.3, -0.25) is 0 Å². The molecule has 2 heterocycles. The molecule has 6 nitrogen and oxygen atoms in total. The van der Waals surface area contributed by atoms with Gasteiger partial charge in [-0.1, -0.05) is 10.7 Å². The molecule has 11 heteroatoms. The van der Waals surface area contributed by atoms with Crippen LogP contribution in [-0.4, -0.2) is 37.9 Å². The molecule has 1 aliphatic rings. The van der Waals surface area contributed by atoms with Gasteiger partial charge < -0.3 is 9.42 Å². The Kier molecular flexibility index (Phi) is 6.53. The van der Waals surface area contributed by atoms with Crippen LogP contribution < -0.4 is 4.90 Å². The van der Waals surface area contributed by atoms with Gasteiger partial charge in [0.15, 0.2) is 9.84 Å². The first kappa shape index (κ1) is 23.4. The number of nitrogens with zero attached hydrogens (tertiary/aromatic N) is 3. The van der Waals surface area contributed by atoms with Crippen LogP contribution in [0.1, 0.15) is 24.2 Å². The number of alkyl halides is 2. The largest absolute Gasteiger partial charge is 0.335 e. The van der Waals surface area contributed by atoms with E-state index in [9.17, 15) is 21.6 Å². The van der Waals surface area contributed by atoms with Crippen molar-refractivity contribution < 1.29 is 26.1 Å². The SMILES string of the molecule is CSc1ccc(S(=O)(=O)C=C2CCN(c3nc(C(F)(F)c4ccc(F)cc4)no3)CC2)cc1. The van der Waals surface area contributed by atoms with Crippen LogP contribution in [0.5, 0.6) is 0 Å². The Hall–Kier alpha value is -2.79. The second-order valence-corrected chi connectivity index (χ2v) is 10.1. The van der Waals surface area contributed by atoms with Crippen molar-refractivity contribution in [2.75, 3.05) is 24.2 Å². The zero-order valence-electron chi connectivity index (χ0n) is 17.5. The summed E-state index contributed by atoms with van der Waals surface area (Å²) in [4.78, 5) is 6.66. The van der Waals surface area contributed by atoms with Crippen molar-refractivity contribution in [3.05, 3.63) is 76.7 Å². The van der Waals surface area contributed by atoms with Crippen molar-refractivity contribution >= 4 is 27.6 Å². The molecule has 33 heavy (non-hydrogen) atoms. The van der Waals surface area contributed by atoms with E-state index in [-0.39, 0.29) is 10.9 Å². The van der Waals surface area contributed by atoms with Crippen LogP contribution in [0.3, 0.4) is 0 Å². The van der Waals surface area contributed by atoms with Gasteiger partial charge in [-0.25, -0.2) is 12.8 Å². The van der Waals surface area contributed by atoms with E-state index in [0.29, 0.717) is 25.9 Å². The summed E-state index contributed by atoms with van der Waals surface area (Å²) >= 11 is 1.53. The van der Waals surface area contributed by atoms with Crippen LogP contribution in [0.15, 0.2) is 73.8 Å². The topological polar surface area (TPSA) is 76.3 Å². The highest BCUT2D eigenvalue weighted by Crippen LogP contribution is 2.35. The lowest BCUT2D eigenvalue weighted by Gasteiger charge is -2.26. The molecule has 0 N–H and O–H groups in total. The summed E-state index contributed by atoms with van der Waals surface area (Å²) < 4.78 is 72.7. The number of halogens is 3. The lowest BCUT2D eigenvalue weighted by atomic mass is 10.1. The number of hydrogen-bond acceptors (Lipinski definition) is 7. The zero-order chi connectivity index (χ0) is 23.6. The van der Waals surface area contributed by atoms with Crippen molar-refractivity contribution in [1.29, 1.82) is 0 Å². The second kappa shape index (κ2) is 9.22. The predicted molar refractivity (Wildman–Crippen MR) is 119 cm³/mol. The molecule has 0 amide bonds. The van der Waals surface area contributed by atoms with E-state index in [4.69, 9.17) is 4.52 Å². The number of piperidine rings is 1. The van der Waals surface area contributed by atoms with Gasteiger partial charge in [0.2, 0.25) is 5.82 Å². The minimum absolute atomic E-state index is 0.0682. The van der Waals surface area contributed by atoms with Crippen LogP contribution in [0.25, 0.3) is 0 Å². The fourth-order valence-electron chi connectivity index (χ4n) is 3.42. The molecular formula is C22H20F3N3O3S2. The molecule has 174 valence electrons. The zero-order valence-corrected chi connectivity index (χ0v) is 19.2. The maximum Gasteiger partial charge on any atom is 0.335 e. The average Bonchev–Trinajstić information content (AvgIpc) is 3.31. The van der Waals surface area contributed by atoms with Crippen molar-refractivity contribution in [2.45, 2.75) is 28.6 Å². The van der Waals surface area contributed by atoms with Crippen LogP contribution in [0.4, 0.5) is 19.2 Å². The Bertz CT molecular complexity index is 1250. The Morgan fingerprint density at radius 3 is 2.30 bits per heavy atom. The lowest BCUT2D eigenvalue weighted by Crippen LogP contribution is -2.31. The molecule has 1 aliphatic heterocycles. The summed E-state index contributed by atoms with van der Waals surface area (Å²) in [7, 11) is -3.58. The van der Waals surface area contributed by atoms with Crippen molar-refractivity contribution in [1.82, 2.24) is 10.1 Å². The van der Waals surface area contributed by atoms with E-state index in [1.165, 1.54) is 17.2 Å². The smallest absolute Gasteiger partial charge is 0.324 e. The normalized spacial score (nSPS) is 15.0. The van der Waals surface area contributed by atoms with Crippen LogP contribution >= 0.6 is 11.8 Å². The molecular weight excluding hydrogens is 475 g/mol. The molecule has 0 radical (unpaired) electrons. The van der Waals surface area contributed by atoms with Crippen molar-refractivity contribution in [2.24, 2.45) is 0 Å². The Labute approximate surface area is 193 Å². The summed E-state index contributed by atoms with van der Waals surface area (Å²) in [6.07, 6.45) is 2.73. The molecule has 0 aliphatic carbocycles. The predicted octanol–water partition coefficient (Wildman–Crippen LogP) is 5.03. The molecule has 0 spiro atoms. The van der Waals surface area contributed by atoms with Gasteiger partial charge in [0.1, 0.15) is 5.82 Å². The number of rotatable bonds is 6. The average molecular weight is 496 g/mol. The molecule has 1 fully saturated rings. The minimum Gasteiger partial charge on any atom is -0.324 e. The van der Waals surface area contributed by atoms with E-state index >= 15 is 0 Å². The fraction of sp³-hybridized carbons (Fsp3) is 0.273. The van der Waals surface area contributed by atoms with Gasteiger partial charge in [0, 0.05) is 29.0 Å². The molecule has 0 atom stereocenters. The maximum atomic E-state index is 14.7. The Morgan fingerprint density at radius 2 is 1.70 bits per heavy atom. The molecule has 0 saturated carbocycles. The number of aromatic nitrogens is 2. The third-order valence-corrected chi connectivity index (χ3v) is 7.61. The van der Waals surface area contributed by atoms with E-state index in [1.54, 1.807) is 29.2 Å². The van der Waals surface area contributed by atoms with Gasteiger partial charge in [0.25, 0.3) is 0 Å². The van der Waals surface area contributed by atoms with Gasteiger partial charge in [0.05, 0.1) is 4.90 Å². The lowest BCUT2D eigenvalue weighted by molar-refractivity contribution is 0.0304. The minimum atomic E-state index is -3.58. The third kappa shape index (κ3) is 5.09. The molecule has 0 unspecified atom stereocenters. The first-order chi connectivity index (χ1) is 15.7. The van der Waals surface area contributed by atoms with Crippen LogP contribution in [-0.2, 0) is 15.8 Å². The van der Waals surface area contributed by atoms with Gasteiger partial charge >= 0.3 is 11.9 Å². The van der Waals surface area contributed by atoms with Crippen molar-refractivity contribution in [3.8, 4) is 0 Å². The summed E-state index contributed by atoms with van der Waals surface area (Å²) in [5.74, 6) is -4.99. The Morgan fingerprint density at radius 1 is 1.06 bits per heavy atom. The first-order valence-corrected chi connectivity index (χ1v) is 12.8. The van der Waals surface area contributed by atoms with Crippen LogP contribution in [0.2, 0.25) is 0 Å². The number of sulfone groups is 1. The third-order valence-electron chi connectivity index (χ3n) is 5.29. The number of benzene rings is 2. The van der Waals surface area contributed by atoms with Crippen LogP contribution in [0, 0.1) is 5.82 Å². The van der Waals surface area contributed by atoms with E-state index in [0.717, 1.165) is 34.7 Å². The molecule has 1 aromatic heterocycles. The van der Waals surface area contributed by atoms with Gasteiger partial charge in [-0.2, -0.15) is 13.8 Å². The molecule has 0 bridgehead atoms. The molecule has 2 aromatic carbocycles. The summed E-state index contributed by atoms with van der Waals surface area (Å²) in [6, 6.07) is 10.4. The number of thioether (sulfide) groups is 1. The molecule has 1 saturated heterocycles. The van der Waals surface area contributed by atoms with E-state index < -0.39 is 33.0 Å². The maximum absolute atomic E-state index is 14.7. The Balaban J connectivity index is 1.44. The van der Waals surface area contributed by atoms with Gasteiger partial charge in [-0.15, -0.1) is 11.8 Å². The fourth-order valence-corrected chi connectivity index (χ4v) is 5.15. The monoisotopic (exact) mass is 495 g/mol. The highest BCUT2D eigenvalue weighted by molar-refractivity contribution is 7.98.